The van der Waals surface area contributed by atoms with Crippen molar-refractivity contribution in [2.75, 3.05) is 0 Å². The molecule has 0 fully saturated rings. The third kappa shape index (κ3) is 1.97. The van der Waals surface area contributed by atoms with Gasteiger partial charge in [0.2, 0.25) is 0 Å². The van der Waals surface area contributed by atoms with E-state index in [0.717, 1.165) is 10.6 Å². The molecule has 0 spiro atoms. The Kier molecular flexibility index (Phi) is 2.64. The minimum absolute atomic E-state index is 0.102. The summed E-state index contributed by atoms with van der Waals surface area (Å²) in [5.74, 6) is 0.102. The van der Waals surface area contributed by atoms with Gasteiger partial charge >= 0.3 is 0 Å². The van der Waals surface area contributed by atoms with E-state index < -0.39 is 0 Å². The van der Waals surface area contributed by atoms with Crippen molar-refractivity contribution in [2.45, 2.75) is 13.3 Å². The molecule has 0 aliphatic carbocycles. The lowest BCUT2D eigenvalue weighted by atomic mass is 10.1. The first-order valence-corrected chi connectivity index (χ1v) is 5.45. The number of aromatic nitrogens is 3. The molecule has 0 aliphatic rings. The fourth-order valence-electron chi connectivity index (χ4n) is 1.36. The first kappa shape index (κ1) is 10.0. The van der Waals surface area contributed by atoms with E-state index in [9.17, 15) is 4.79 Å². The molecule has 0 atom stereocenters. The highest BCUT2D eigenvalue weighted by Crippen LogP contribution is 2.13. The molecule has 0 amide bonds. The van der Waals surface area contributed by atoms with Gasteiger partial charge in [-0.25, -0.2) is 0 Å². The van der Waals surface area contributed by atoms with Crippen LogP contribution in [0.2, 0.25) is 0 Å². The lowest BCUT2D eigenvalue weighted by molar-refractivity contribution is 0.0993. The normalized spacial score (nSPS) is 10.5. The summed E-state index contributed by atoms with van der Waals surface area (Å²) in [7, 11) is 1.83. The molecular weight excluding hydrogens is 210 g/mol. The Bertz CT molecular complexity index is 473. The van der Waals surface area contributed by atoms with Gasteiger partial charge in [0.1, 0.15) is 0 Å². The highest BCUT2D eigenvalue weighted by Gasteiger charge is 2.13. The first-order valence-electron chi connectivity index (χ1n) is 4.57. The van der Waals surface area contributed by atoms with Crippen LogP contribution in [0.25, 0.3) is 0 Å². The minimum atomic E-state index is 0.102. The van der Waals surface area contributed by atoms with E-state index in [1.54, 1.807) is 22.6 Å². The van der Waals surface area contributed by atoms with Crippen LogP contribution in [0.15, 0.2) is 17.9 Å². The molecule has 2 heterocycles. The van der Waals surface area contributed by atoms with Crippen molar-refractivity contribution < 1.29 is 4.79 Å². The molecular formula is C10H11N3OS. The van der Waals surface area contributed by atoms with Crippen molar-refractivity contribution in [1.82, 2.24) is 14.8 Å². The zero-order chi connectivity index (χ0) is 10.8. The van der Waals surface area contributed by atoms with Gasteiger partial charge in [-0.2, -0.15) is 5.10 Å². The second-order valence-corrected chi connectivity index (χ2v) is 4.31. The summed E-state index contributed by atoms with van der Waals surface area (Å²) in [5.41, 5.74) is 3.34. The number of hydrogen-bond acceptors (Lipinski definition) is 4. The summed E-state index contributed by atoms with van der Waals surface area (Å²) in [6, 6.07) is 0. The van der Waals surface area contributed by atoms with Crippen LogP contribution in [0.5, 0.6) is 0 Å². The summed E-state index contributed by atoms with van der Waals surface area (Å²) in [6.07, 6.45) is 3.77. The van der Waals surface area contributed by atoms with E-state index >= 15 is 0 Å². The average Bonchev–Trinajstić information content (AvgIpc) is 2.79. The van der Waals surface area contributed by atoms with Crippen LogP contribution in [-0.4, -0.2) is 20.5 Å². The first-order chi connectivity index (χ1) is 7.18. The molecule has 0 saturated heterocycles. The Morgan fingerprint density at radius 1 is 1.53 bits per heavy atom. The lowest BCUT2D eigenvalue weighted by Crippen LogP contribution is -2.04. The topological polar surface area (TPSA) is 47.8 Å². The standard InChI is InChI=1S/C10H11N3OS/c1-7-9(5-12-13(7)2)10(14)3-8-4-11-6-15-8/h4-6H,3H2,1-2H3. The van der Waals surface area contributed by atoms with Crippen LogP contribution in [0.4, 0.5) is 0 Å². The van der Waals surface area contributed by atoms with Crippen molar-refractivity contribution in [3.8, 4) is 0 Å². The minimum Gasteiger partial charge on any atom is -0.294 e. The van der Waals surface area contributed by atoms with Crippen LogP contribution in [-0.2, 0) is 13.5 Å². The predicted molar refractivity (Wildman–Crippen MR) is 58.1 cm³/mol. The molecule has 0 bridgehead atoms. The number of carbonyl (C=O) groups excluding carboxylic acids is 1. The number of carbonyl (C=O) groups is 1. The average molecular weight is 221 g/mol. The number of hydrogen-bond donors (Lipinski definition) is 0. The summed E-state index contributed by atoms with van der Waals surface area (Å²) in [6.45, 7) is 1.90. The van der Waals surface area contributed by atoms with Gasteiger partial charge in [0.25, 0.3) is 0 Å². The maximum absolute atomic E-state index is 11.9. The van der Waals surface area contributed by atoms with Crippen molar-refractivity contribution in [1.29, 1.82) is 0 Å². The Balaban J connectivity index is 2.19. The highest BCUT2D eigenvalue weighted by atomic mass is 32.1. The SMILES string of the molecule is Cc1c(C(=O)Cc2cncs2)cnn1C. The predicted octanol–water partition coefficient (Wildman–Crippen LogP) is 1.61. The molecule has 5 heteroatoms. The monoisotopic (exact) mass is 221 g/mol. The van der Waals surface area contributed by atoms with E-state index in [1.807, 2.05) is 14.0 Å². The zero-order valence-corrected chi connectivity index (χ0v) is 9.41. The van der Waals surface area contributed by atoms with Crippen LogP contribution in [0.3, 0.4) is 0 Å². The molecule has 0 unspecified atom stereocenters. The smallest absolute Gasteiger partial charge is 0.171 e. The number of ketones is 1. The number of Topliss-reactive ketones (excluding diaryl/α,β-unsaturated/α-hetero) is 1. The third-order valence-corrected chi connectivity index (χ3v) is 3.13. The molecule has 2 rings (SSSR count). The fraction of sp³-hybridized carbons (Fsp3) is 0.300. The molecule has 15 heavy (non-hydrogen) atoms. The molecule has 0 N–H and O–H groups in total. The van der Waals surface area contributed by atoms with Gasteiger partial charge in [-0.05, 0) is 6.92 Å². The molecule has 0 aliphatic heterocycles. The molecule has 2 aromatic heterocycles. The second kappa shape index (κ2) is 3.94. The van der Waals surface area contributed by atoms with Gasteiger partial charge in [0.05, 0.1) is 17.3 Å². The van der Waals surface area contributed by atoms with Crippen LogP contribution in [0, 0.1) is 6.92 Å². The zero-order valence-electron chi connectivity index (χ0n) is 8.60. The van der Waals surface area contributed by atoms with Crippen LogP contribution < -0.4 is 0 Å². The maximum atomic E-state index is 11.9. The van der Waals surface area contributed by atoms with Crippen LogP contribution >= 0.6 is 11.3 Å². The van der Waals surface area contributed by atoms with E-state index in [-0.39, 0.29) is 5.78 Å². The van der Waals surface area contributed by atoms with Crippen molar-refractivity contribution in [3.63, 3.8) is 0 Å². The second-order valence-electron chi connectivity index (χ2n) is 3.33. The van der Waals surface area contributed by atoms with Gasteiger partial charge in [0.15, 0.2) is 5.78 Å². The van der Waals surface area contributed by atoms with Gasteiger partial charge in [0, 0.05) is 30.2 Å². The van der Waals surface area contributed by atoms with E-state index in [2.05, 4.69) is 10.1 Å². The van der Waals surface area contributed by atoms with Gasteiger partial charge in [-0.15, -0.1) is 11.3 Å². The number of thiazole rings is 1. The summed E-state index contributed by atoms with van der Waals surface area (Å²) in [4.78, 5) is 16.8. The number of rotatable bonds is 3. The van der Waals surface area contributed by atoms with E-state index in [4.69, 9.17) is 0 Å². The maximum Gasteiger partial charge on any atom is 0.171 e. The Hall–Kier alpha value is -1.49. The lowest BCUT2D eigenvalue weighted by Gasteiger charge is -1.98. The van der Waals surface area contributed by atoms with E-state index in [0.29, 0.717) is 12.0 Å². The molecule has 2 aromatic rings. The van der Waals surface area contributed by atoms with Gasteiger partial charge in [-0.3, -0.25) is 14.5 Å². The Morgan fingerprint density at radius 2 is 2.33 bits per heavy atom. The molecule has 4 nitrogen and oxygen atoms in total. The van der Waals surface area contributed by atoms with Crippen molar-refractivity contribution in [2.24, 2.45) is 7.05 Å². The fourth-order valence-corrected chi connectivity index (χ4v) is 1.95. The Morgan fingerprint density at radius 3 is 2.87 bits per heavy atom. The van der Waals surface area contributed by atoms with Crippen molar-refractivity contribution in [3.05, 3.63) is 34.0 Å². The third-order valence-electron chi connectivity index (χ3n) is 2.35. The summed E-state index contributed by atoms with van der Waals surface area (Å²) < 4.78 is 1.71. The Labute approximate surface area is 91.6 Å². The van der Waals surface area contributed by atoms with Gasteiger partial charge < -0.3 is 0 Å². The molecule has 0 radical (unpaired) electrons. The largest absolute Gasteiger partial charge is 0.294 e. The molecule has 0 saturated carbocycles. The molecule has 78 valence electrons. The number of nitrogens with zero attached hydrogens (tertiary/aromatic N) is 3. The summed E-state index contributed by atoms with van der Waals surface area (Å²) in [5, 5.41) is 4.05. The van der Waals surface area contributed by atoms with E-state index in [1.165, 1.54) is 11.3 Å². The quantitative estimate of drug-likeness (QED) is 0.740. The van der Waals surface area contributed by atoms with Crippen molar-refractivity contribution >= 4 is 17.1 Å². The molecule has 0 aromatic carbocycles. The van der Waals surface area contributed by atoms with Crippen LogP contribution in [0.1, 0.15) is 20.9 Å². The summed E-state index contributed by atoms with van der Waals surface area (Å²) >= 11 is 1.50. The van der Waals surface area contributed by atoms with Gasteiger partial charge in [-0.1, -0.05) is 0 Å². The highest BCUT2D eigenvalue weighted by molar-refractivity contribution is 7.09. The number of aryl methyl sites for hydroxylation is 1.